The van der Waals surface area contributed by atoms with Gasteiger partial charge in [0.15, 0.2) is 0 Å². The zero-order valence-corrected chi connectivity index (χ0v) is 25.4. The van der Waals surface area contributed by atoms with Crippen LogP contribution in [0.1, 0.15) is 103 Å². The van der Waals surface area contributed by atoms with Crippen LogP contribution in [-0.2, 0) is 26.6 Å². The zero-order valence-electron chi connectivity index (χ0n) is 23.4. The molecule has 0 aromatic rings. The maximum Gasteiger partial charge on any atom is 0.500 e. The summed E-state index contributed by atoms with van der Waals surface area (Å²) >= 11 is 0. The van der Waals surface area contributed by atoms with E-state index in [0.717, 1.165) is 57.0 Å². The van der Waals surface area contributed by atoms with Gasteiger partial charge in [0, 0.05) is 54.7 Å². The van der Waals surface area contributed by atoms with E-state index < -0.39 is 23.2 Å². The van der Waals surface area contributed by atoms with E-state index in [9.17, 15) is 5.11 Å². The molecule has 0 fully saturated rings. The Morgan fingerprint density at radius 3 is 1.00 bits per heavy atom. The Hall–Kier alpha value is 0.154. The molecule has 0 unspecified atom stereocenters. The standard InChI is InChI=1S/C25H56O7Si2/c1-8-25(26,21-17-13-9-11-15-19-23-33(27-2,28-3)29-4)22-18-14-10-12-16-20-24-34(30-5,31-6)32-7/h26H,8-24H2,1-7H3. The minimum Gasteiger partial charge on any atom is -0.390 e. The SMILES string of the molecule is CCC(O)(CCCCCCCC[Si](OC)(OC)OC)CCCCCCCC[Si](OC)(OC)OC. The number of rotatable bonds is 25. The summed E-state index contributed by atoms with van der Waals surface area (Å²) in [7, 11) is 5.23. The van der Waals surface area contributed by atoms with Gasteiger partial charge >= 0.3 is 17.6 Å². The van der Waals surface area contributed by atoms with E-state index in [1.54, 1.807) is 42.7 Å². The van der Waals surface area contributed by atoms with Crippen molar-refractivity contribution in [1.82, 2.24) is 0 Å². The fourth-order valence-corrected chi connectivity index (χ4v) is 8.19. The molecule has 1 N–H and O–H groups in total. The van der Waals surface area contributed by atoms with E-state index in [1.165, 1.54) is 51.4 Å². The summed E-state index contributed by atoms with van der Waals surface area (Å²) in [5.41, 5.74) is -0.485. The van der Waals surface area contributed by atoms with Crippen LogP contribution in [0.2, 0.25) is 12.1 Å². The molecule has 9 heteroatoms. The first-order valence-corrected chi connectivity index (χ1v) is 17.2. The molecule has 0 atom stereocenters. The van der Waals surface area contributed by atoms with Crippen LogP contribution in [0.25, 0.3) is 0 Å². The third-order valence-electron chi connectivity index (χ3n) is 7.27. The average Bonchev–Trinajstić information content (AvgIpc) is 2.88. The van der Waals surface area contributed by atoms with Crippen LogP contribution in [0.3, 0.4) is 0 Å². The number of unbranched alkanes of at least 4 members (excludes halogenated alkanes) is 10. The van der Waals surface area contributed by atoms with E-state index in [-0.39, 0.29) is 0 Å². The summed E-state index contributed by atoms with van der Waals surface area (Å²) in [6.07, 6.45) is 16.7. The molecule has 0 aliphatic rings. The molecule has 0 aromatic carbocycles. The summed E-state index contributed by atoms with van der Waals surface area (Å²) in [5, 5.41) is 11.0. The molecule has 206 valence electrons. The molecular formula is C25H56O7Si2. The van der Waals surface area contributed by atoms with Gasteiger partial charge in [-0.1, -0.05) is 71.1 Å². The van der Waals surface area contributed by atoms with Gasteiger partial charge in [0.1, 0.15) is 0 Å². The predicted molar refractivity (Wildman–Crippen MR) is 143 cm³/mol. The van der Waals surface area contributed by atoms with Crippen molar-refractivity contribution in [3.63, 3.8) is 0 Å². The predicted octanol–water partition coefficient (Wildman–Crippen LogP) is 6.35. The summed E-state index contributed by atoms with van der Waals surface area (Å²) in [4.78, 5) is 0. The number of aliphatic hydroxyl groups is 1. The minimum absolute atomic E-state index is 0.485. The normalized spacial score (nSPS) is 13.1. The summed E-state index contributed by atoms with van der Waals surface area (Å²) in [6.45, 7) is 2.12. The minimum atomic E-state index is -2.41. The van der Waals surface area contributed by atoms with E-state index in [0.29, 0.717) is 0 Å². The van der Waals surface area contributed by atoms with E-state index in [4.69, 9.17) is 26.6 Å². The quantitative estimate of drug-likeness (QED) is 0.110. The zero-order chi connectivity index (χ0) is 25.8. The lowest BCUT2D eigenvalue weighted by Crippen LogP contribution is -2.42. The van der Waals surface area contributed by atoms with Crippen LogP contribution in [0.5, 0.6) is 0 Å². The molecular weight excluding hydrogens is 468 g/mol. The molecule has 7 nitrogen and oxygen atoms in total. The van der Waals surface area contributed by atoms with Crippen LogP contribution in [0.4, 0.5) is 0 Å². The molecule has 34 heavy (non-hydrogen) atoms. The van der Waals surface area contributed by atoms with Crippen molar-refractivity contribution < 1.29 is 31.7 Å². The van der Waals surface area contributed by atoms with Crippen molar-refractivity contribution in [1.29, 1.82) is 0 Å². The van der Waals surface area contributed by atoms with Gasteiger partial charge in [-0.15, -0.1) is 0 Å². The second kappa shape index (κ2) is 20.2. The van der Waals surface area contributed by atoms with E-state index in [1.807, 2.05) is 0 Å². The smallest absolute Gasteiger partial charge is 0.390 e. The summed E-state index contributed by atoms with van der Waals surface area (Å²) < 4.78 is 32.8. The average molecular weight is 525 g/mol. The lowest BCUT2D eigenvalue weighted by molar-refractivity contribution is 0.0139. The van der Waals surface area contributed by atoms with Crippen molar-refractivity contribution in [2.24, 2.45) is 0 Å². The molecule has 0 heterocycles. The molecule has 0 aromatic heterocycles. The van der Waals surface area contributed by atoms with Gasteiger partial charge in [0.05, 0.1) is 5.60 Å². The number of hydrogen-bond donors (Lipinski definition) is 1. The lowest BCUT2D eigenvalue weighted by atomic mass is 9.87. The molecule has 0 saturated heterocycles. The molecule has 0 aliphatic heterocycles. The highest BCUT2D eigenvalue weighted by Gasteiger charge is 2.37. The van der Waals surface area contributed by atoms with Gasteiger partial charge in [-0.2, -0.15) is 0 Å². The van der Waals surface area contributed by atoms with E-state index >= 15 is 0 Å². The van der Waals surface area contributed by atoms with Crippen LogP contribution >= 0.6 is 0 Å². The highest BCUT2D eigenvalue weighted by Crippen LogP contribution is 2.27. The van der Waals surface area contributed by atoms with Gasteiger partial charge in [-0.25, -0.2) is 0 Å². The first-order chi connectivity index (χ1) is 16.3. The van der Waals surface area contributed by atoms with Crippen LogP contribution in [0.15, 0.2) is 0 Å². The Morgan fingerprint density at radius 1 is 0.471 bits per heavy atom. The molecule has 0 radical (unpaired) electrons. The fraction of sp³-hybridized carbons (Fsp3) is 1.00. The highest BCUT2D eigenvalue weighted by molar-refractivity contribution is 6.60. The lowest BCUT2D eigenvalue weighted by Gasteiger charge is -2.27. The first-order valence-electron chi connectivity index (χ1n) is 13.4. The van der Waals surface area contributed by atoms with Gasteiger partial charge in [-0.3, -0.25) is 0 Å². The largest absolute Gasteiger partial charge is 0.500 e. The van der Waals surface area contributed by atoms with Crippen LogP contribution in [0, 0.1) is 0 Å². The van der Waals surface area contributed by atoms with Crippen molar-refractivity contribution >= 4 is 17.6 Å². The highest BCUT2D eigenvalue weighted by atomic mass is 28.4. The summed E-state index contributed by atoms with van der Waals surface area (Å²) in [6, 6.07) is 1.75. The number of hydrogen-bond acceptors (Lipinski definition) is 7. The Kier molecular flexibility index (Phi) is 20.3. The third kappa shape index (κ3) is 14.0. The Balaban J connectivity index is 3.82. The Morgan fingerprint density at radius 2 is 0.735 bits per heavy atom. The molecule has 0 aliphatic carbocycles. The maximum absolute atomic E-state index is 11.0. The van der Waals surface area contributed by atoms with Gasteiger partial charge in [-0.05, 0) is 32.1 Å². The maximum atomic E-state index is 11.0. The molecule has 0 bridgehead atoms. The van der Waals surface area contributed by atoms with Crippen molar-refractivity contribution in [3.05, 3.63) is 0 Å². The topological polar surface area (TPSA) is 75.6 Å². The first kappa shape index (κ1) is 34.2. The monoisotopic (exact) mass is 524 g/mol. The van der Waals surface area contributed by atoms with E-state index in [2.05, 4.69) is 6.92 Å². The van der Waals surface area contributed by atoms with Crippen LogP contribution < -0.4 is 0 Å². The van der Waals surface area contributed by atoms with Crippen molar-refractivity contribution in [2.75, 3.05) is 42.7 Å². The summed E-state index contributed by atoms with van der Waals surface area (Å²) in [5.74, 6) is 0. The second-order valence-corrected chi connectivity index (χ2v) is 15.6. The molecule has 0 rings (SSSR count). The Labute approximate surface area is 212 Å². The van der Waals surface area contributed by atoms with Crippen LogP contribution in [-0.4, -0.2) is 71.0 Å². The fourth-order valence-electron chi connectivity index (χ4n) is 4.60. The third-order valence-corrected chi connectivity index (χ3v) is 12.9. The van der Waals surface area contributed by atoms with Gasteiger partial charge < -0.3 is 31.7 Å². The van der Waals surface area contributed by atoms with Gasteiger partial charge in [0.25, 0.3) is 0 Å². The second-order valence-electron chi connectivity index (χ2n) is 9.41. The van der Waals surface area contributed by atoms with Gasteiger partial charge in [0.2, 0.25) is 0 Å². The molecule has 0 saturated carbocycles. The van der Waals surface area contributed by atoms with Crippen molar-refractivity contribution in [3.8, 4) is 0 Å². The molecule has 0 amide bonds. The Bertz CT molecular complexity index is 408. The van der Waals surface area contributed by atoms with Crippen molar-refractivity contribution in [2.45, 2.75) is 121 Å². The molecule has 0 spiro atoms.